The lowest BCUT2D eigenvalue weighted by atomic mass is 9.93. The summed E-state index contributed by atoms with van der Waals surface area (Å²) >= 11 is 12.0. The quantitative estimate of drug-likeness (QED) is 0.803. The summed E-state index contributed by atoms with van der Waals surface area (Å²) in [5.74, 6) is 0.986. The Balaban J connectivity index is 0.00000264. The van der Waals surface area contributed by atoms with Crippen molar-refractivity contribution >= 4 is 41.5 Å². The molecule has 1 aromatic rings. The van der Waals surface area contributed by atoms with Crippen molar-refractivity contribution in [3.63, 3.8) is 0 Å². The van der Waals surface area contributed by atoms with Crippen molar-refractivity contribution in [2.45, 2.75) is 32.1 Å². The number of piperidine rings is 1. The first-order valence-electron chi connectivity index (χ1n) is 7.96. The Morgan fingerprint density at radius 3 is 2.61 bits per heavy atom. The predicted molar refractivity (Wildman–Crippen MR) is 99.9 cm³/mol. The largest absolute Gasteiger partial charge is 0.343 e. The number of hydrogen-bond donors (Lipinski definition) is 1. The molecule has 1 saturated heterocycles. The van der Waals surface area contributed by atoms with Gasteiger partial charge in [-0.05, 0) is 62.9 Å². The standard InChI is InChI=1S/C17H24Cl2N2O.ClH/c1-20-9-6-13-7-10-21(11-8-13)17(22)5-3-14-2-4-15(18)12-16(14)19;/h2,4,12-13,20H,3,5-11H2,1H3;1H. The number of halogens is 3. The van der Waals surface area contributed by atoms with Crippen LogP contribution in [0.4, 0.5) is 0 Å². The molecule has 0 saturated carbocycles. The van der Waals surface area contributed by atoms with E-state index in [1.165, 1.54) is 6.42 Å². The van der Waals surface area contributed by atoms with Crippen LogP contribution in [0.25, 0.3) is 0 Å². The van der Waals surface area contributed by atoms with Crippen LogP contribution in [-0.4, -0.2) is 37.5 Å². The summed E-state index contributed by atoms with van der Waals surface area (Å²) in [6.45, 7) is 2.84. The maximum Gasteiger partial charge on any atom is 0.222 e. The molecule has 0 radical (unpaired) electrons. The lowest BCUT2D eigenvalue weighted by molar-refractivity contribution is -0.132. The molecule has 3 nitrogen and oxygen atoms in total. The summed E-state index contributed by atoms with van der Waals surface area (Å²) in [6.07, 6.45) is 4.64. The van der Waals surface area contributed by atoms with E-state index in [1.807, 2.05) is 24.1 Å². The molecule has 0 aliphatic carbocycles. The van der Waals surface area contributed by atoms with Crippen LogP contribution in [0.5, 0.6) is 0 Å². The molecule has 0 bridgehead atoms. The van der Waals surface area contributed by atoms with E-state index in [2.05, 4.69) is 5.32 Å². The van der Waals surface area contributed by atoms with Gasteiger partial charge in [-0.2, -0.15) is 0 Å². The van der Waals surface area contributed by atoms with Gasteiger partial charge in [0.1, 0.15) is 0 Å². The Hall–Kier alpha value is -0.480. The van der Waals surface area contributed by atoms with Crippen LogP contribution >= 0.6 is 35.6 Å². The number of nitrogens with one attached hydrogen (secondary N) is 1. The number of hydrogen-bond acceptors (Lipinski definition) is 2. The van der Waals surface area contributed by atoms with Crippen LogP contribution in [0.3, 0.4) is 0 Å². The average molecular weight is 380 g/mol. The van der Waals surface area contributed by atoms with Crippen LogP contribution in [0.1, 0.15) is 31.2 Å². The third-order valence-corrected chi connectivity index (χ3v) is 4.98. The van der Waals surface area contributed by atoms with Crippen molar-refractivity contribution in [3.8, 4) is 0 Å². The van der Waals surface area contributed by atoms with Gasteiger partial charge in [0.2, 0.25) is 5.91 Å². The first kappa shape index (κ1) is 20.6. The monoisotopic (exact) mass is 378 g/mol. The fourth-order valence-corrected chi connectivity index (χ4v) is 3.45. The highest BCUT2D eigenvalue weighted by molar-refractivity contribution is 6.35. The Morgan fingerprint density at radius 2 is 2.00 bits per heavy atom. The summed E-state index contributed by atoms with van der Waals surface area (Å²) in [7, 11) is 1.99. The number of carbonyl (C=O) groups excluding carboxylic acids is 1. The second-order valence-electron chi connectivity index (χ2n) is 5.95. The van der Waals surface area contributed by atoms with E-state index in [0.29, 0.717) is 22.9 Å². The first-order valence-corrected chi connectivity index (χ1v) is 8.72. The third-order valence-electron chi connectivity index (χ3n) is 4.39. The maximum atomic E-state index is 12.3. The van der Waals surface area contributed by atoms with Gasteiger partial charge in [0, 0.05) is 29.6 Å². The Morgan fingerprint density at radius 1 is 1.30 bits per heavy atom. The van der Waals surface area contributed by atoms with Crippen molar-refractivity contribution in [2.75, 3.05) is 26.7 Å². The average Bonchev–Trinajstić information content (AvgIpc) is 2.52. The summed E-state index contributed by atoms with van der Waals surface area (Å²) in [5.41, 5.74) is 0.989. The van der Waals surface area contributed by atoms with Gasteiger partial charge in [-0.3, -0.25) is 4.79 Å². The molecule has 1 aliphatic rings. The highest BCUT2D eigenvalue weighted by Gasteiger charge is 2.22. The number of amides is 1. The molecular formula is C17H25Cl3N2O. The molecule has 1 N–H and O–H groups in total. The van der Waals surface area contributed by atoms with Gasteiger partial charge in [-0.1, -0.05) is 29.3 Å². The summed E-state index contributed by atoms with van der Waals surface area (Å²) in [5, 5.41) is 4.47. The molecule has 0 unspecified atom stereocenters. The Labute approximate surface area is 155 Å². The molecular weight excluding hydrogens is 355 g/mol. The second-order valence-corrected chi connectivity index (χ2v) is 6.80. The number of likely N-dealkylation sites (tertiary alicyclic amines) is 1. The number of benzene rings is 1. The van der Waals surface area contributed by atoms with Crippen molar-refractivity contribution in [2.24, 2.45) is 5.92 Å². The highest BCUT2D eigenvalue weighted by atomic mass is 35.5. The van der Waals surface area contributed by atoms with Crippen LogP contribution in [0.15, 0.2) is 18.2 Å². The summed E-state index contributed by atoms with van der Waals surface area (Å²) in [4.78, 5) is 14.3. The normalized spacial score (nSPS) is 15.3. The van der Waals surface area contributed by atoms with Crippen molar-refractivity contribution < 1.29 is 4.79 Å². The molecule has 1 heterocycles. The molecule has 0 spiro atoms. The molecule has 6 heteroatoms. The molecule has 1 fully saturated rings. The van der Waals surface area contributed by atoms with Gasteiger partial charge in [-0.15, -0.1) is 12.4 Å². The van der Waals surface area contributed by atoms with E-state index in [9.17, 15) is 4.79 Å². The molecule has 130 valence electrons. The van der Waals surface area contributed by atoms with E-state index >= 15 is 0 Å². The zero-order valence-corrected chi connectivity index (χ0v) is 15.8. The zero-order valence-electron chi connectivity index (χ0n) is 13.5. The fraction of sp³-hybridized carbons (Fsp3) is 0.588. The smallest absolute Gasteiger partial charge is 0.222 e. The second kappa shape index (κ2) is 10.4. The first-order chi connectivity index (χ1) is 10.6. The number of carbonyl (C=O) groups is 1. The van der Waals surface area contributed by atoms with Crippen LogP contribution < -0.4 is 5.32 Å². The lowest BCUT2D eigenvalue weighted by Crippen LogP contribution is -2.39. The van der Waals surface area contributed by atoms with Gasteiger partial charge in [0.15, 0.2) is 0 Å². The molecule has 1 aromatic carbocycles. The molecule has 23 heavy (non-hydrogen) atoms. The molecule has 0 atom stereocenters. The minimum Gasteiger partial charge on any atom is -0.343 e. The fourth-order valence-electron chi connectivity index (χ4n) is 2.94. The van der Waals surface area contributed by atoms with Crippen molar-refractivity contribution in [1.29, 1.82) is 0 Å². The van der Waals surface area contributed by atoms with Gasteiger partial charge in [0.25, 0.3) is 0 Å². The summed E-state index contributed by atoms with van der Waals surface area (Å²) < 4.78 is 0. The minimum absolute atomic E-state index is 0. The molecule has 1 aliphatic heterocycles. The van der Waals surface area contributed by atoms with Crippen LogP contribution in [0, 0.1) is 5.92 Å². The molecule has 1 amide bonds. The van der Waals surface area contributed by atoms with E-state index in [-0.39, 0.29) is 18.3 Å². The number of aryl methyl sites for hydroxylation is 1. The minimum atomic E-state index is 0. The van der Waals surface area contributed by atoms with E-state index in [4.69, 9.17) is 23.2 Å². The topological polar surface area (TPSA) is 32.3 Å². The third kappa shape index (κ3) is 6.50. The Kier molecular flexibility index (Phi) is 9.30. The van der Waals surface area contributed by atoms with Gasteiger partial charge in [0.05, 0.1) is 0 Å². The van der Waals surface area contributed by atoms with E-state index < -0.39 is 0 Å². The zero-order chi connectivity index (χ0) is 15.9. The SMILES string of the molecule is CNCCC1CCN(C(=O)CCc2ccc(Cl)cc2Cl)CC1.Cl. The molecule has 0 aromatic heterocycles. The van der Waals surface area contributed by atoms with Gasteiger partial charge in [-0.25, -0.2) is 0 Å². The number of nitrogens with zero attached hydrogens (tertiary/aromatic N) is 1. The Bertz CT molecular complexity index is 503. The van der Waals surface area contributed by atoms with Gasteiger partial charge < -0.3 is 10.2 Å². The highest BCUT2D eigenvalue weighted by Crippen LogP contribution is 2.24. The van der Waals surface area contributed by atoms with Gasteiger partial charge >= 0.3 is 0 Å². The molecule has 2 rings (SSSR count). The lowest BCUT2D eigenvalue weighted by Gasteiger charge is -2.32. The summed E-state index contributed by atoms with van der Waals surface area (Å²) in [6, 6.07) is 5.46. The van der Waals surface area contributed by atoms with Crippen molar-refractivity contribution in [3.05, 3.63) is 33.8 Å². The van der Waals surface area contributed by atoms with Crippen molar-refractivity contribution in [1.82, 2.24) is 10.2 Å². The van der Waals surface area contributed by atoms with Crippen LogP contribution in [0.2, 0.25) is 10.0 Å². The number of rotatable bonds is 6. The van der Waals surface area contributed by atoms with Crippen LogP contribution in [-0.2, 0) is 11.2 Å². The predicted octanol–water partition coefficient (Wildman–Crippen LogP) is 4.20. The van der Waals surface area contributed by atoms with E-state index in [0.717, 1.165) is 44.0 Å². The maximum absolute atomic E-state index is 12.3. The van der Waals surface area contributed by atoms with E-state index in [1.54, 1.807) is 6.07 Å².